The SMILES string of the molecule is N=C1C=CC2=CC(S(=O)(=O)O)=CC(=O)C2=C1N=Nc1ccc(-c2ccc(NN=C3C(=O)c4c(cc(S(=O)(=O)O)c(NNc5ccc([N+](=O)[O-])cc5)c4N)C=C3S(=O)(=O)O)cc2)cc1. The third-order valence-electron chi connectivity index (χ3n) is 9.26. The van der Waals surface area contributed by atoms with Crippen LogP contribution in [0.1, 0.15) is 15.9 Å². The van der Waals surface area contributed by atoms with Gasteiger partial charge in [0.25, 0.3) is 36.0 Å². The van der Waals surface area contributed by atoms with Gasteiger partial charge in [-0.1, -0.05) is 30.3 Å². The lowest BCUT2D eigenvalue weighted by Gasteiger charge is -2.22. The number of hydrazone groups is 1. The van der Waals surface area contributed by atoms with Crippen molar-refractivity contribution in [2.24, 2.45) is 15.3 Å². The van der Waals surface area contributed by atoms with E-state index in [2.05, 4.69) is 31.6 Å². The van der Waals surface area contributed by atoms with E-state index in [4.69, 9.17) is 11.1 Å². The number of carbonyl (C=O) groups excluding carboxylic acids is 2. The van der Waals surface area contributed by atoms with Crippen LogP contribution in [-0.2, 0) is 35.1 Å². The van der Waals surface area contributed by atoms with Crippen molar-refractivity contribution in [3.05, 3.63) is 151 Å². The first-order valence-corrected chi connectivity index (χ1v) is 21.8. The number of hydrogen-bond acceptors (Lipinski definition) is 18. The number of ketones is 2. The number of carbonyl (C=O) groups is 2. The Morgan fingerprint density at radius 1 is 0.730 bits per heavy atom. The van der Waals surface area contributed by atoms with Crippen LogP contribution in [0.4, 0.5) is 34.1 Å². The van der Waals surface area contributed by atoms with E-state index in [-0.39, 0.29) is 39.6 Å². The Morgan fingerprint density at radius 3 is 1.94 bits per heavy atom. The average Bonchev–Trinajstić information content (AvgIpc) is 3.22. The first-order chi connectivity index (χ1) is 29.6. The van der Waals surface area contributed by atoms with E-state index < -0.39 is 89.8 Å². The number of fused-ring (bicyclic) bond motifs is 2. The molecule has 0 radical (unpaired) electrons. The van der Waals surface area contributed by atoms with Gasteiger partial charge in [-0.2, -0.15) is 35.5 Å². The number of rotatable bonds is 12. The molecule has 0 aliphatic heterocycles. The molecule has 320 valence electrons. The highest BCUT2D eigenvalue weighted by Crippen LogP contribution is 2.39. The number of allylic oxidation sites excluding steroid dienone is 7. The Bertz CT molecular complexity index is 3280. The summed E-state index contributed by atoms with van der Waals surface area (Å²) in [7, 11) is -15.0. The number of nitrogens with two attached hydrogens (primary N) is 1. The largest absolute Gasteiger partial charge is 0.396 e. The molecule has 3 aliphatic carbocycles. The highest BCUT2D eigenvalue weighted by atomic mass is 32.2. The van der Waals surface area contributed by atoms with Gasteiger partial charge in [0.15, 0.2) is 11.5 Å². The summed E-state index contributed by atoms with van der Waals surface area (Å²) in [5.74, 6) is -1.95. The molecule has 0 atom stereocenters. The molecule has 4 aromatic carbocycles. The van der Waals surface area contributed by atoms with E-state index in [0.29, 0.717) is 16.8 Å². The Balaban J connectivity index is 1.11. The first kappa shape index (κ1) is 43.3. The van der Waals surface area contributed by atoms with E-state index in [1.807, 2.05) is 0 Å². The second-order valence-electron chi connectivity index (χ2n) is 13.3. The maximum Gasteiger partial charge on any atom is 0.296 e. The third kappa shape index (κ3) is 8.98. The molecule has 0 aromatic heterocycles. The number of benzene rings is 4. The molecule has 63 heavy (non-hydrogen) atoms. The fourth-order valence-electron chi connectivity index (χ4n) is 6.26. The van der Waals surface area contributed by atoms with Gasteiger partial charge in [0.1, 0.15) is 15.5 Å². The molecule has 0 fully saturated rings. The molecule has 9 N–H and O–H groups in total. The minimum atomic E-state index is -5.19. The first-order valence-electron chi connectivity index (χ1n) is 17.5. The van der Waals surface area contributed by atoms with Crippen LogP contribution in [0.3, 0.4) is 0 Å². The number of non-ortho nitro benzene ring substituents is 1. The molecule has 3 aliphatic rings. The van der Waals surface area contributed by atoms with Gasteiger partial charge < -0.3 is 11.2 Å². The lowest BCUT2D eigenvalue weighted by molar-refractivity contribution is -0.384. The number of nitrogens with zero attached hydrogens (tertiary/aromatic N) is 4. The van der Waals surface area contributed by atoms with Gasteiger partial charge in [-0.05, 0) is 83.0 Å². The Labute approximate surface area is 355 Å². The minimum Gasteiger partial charge on any atom is -0.396 e. The van der Waals surface area contributed by atoms with E-state index in [0.717, 1.165) is 36.4 Å². The van der Waals surface area contributed by atoms with Crippen molar-refractivity contribution in [1.82, 2.24) is 0 Å². The molecule has 7 rings (SSSR count). The zero-order valence-corrected chi connectivity index (χ0v) is 33.9. The van der Waals surface area contributed by atoms with Gasteiger partial charge in [-0.3, -0.25) is 49.6 Å². The summed E-state index contributed by atoms with van der Waals surface area (Å²) in [6, 6.07) is 18.4. The van der Waals surface area contributed by atoms with E-state index in [1.165, 1.54) is 36.4 Å². The number of nitro groups is 1. The molecule has 0 saturated heterocycles. The van der Waals surface area contributed by atoms with Crippen molar-refractivity contribution >= 4 is 93.5 Å². The molecule has 0 amide bonds. The van der Waals surface area contributed by atoms with Gasteiger partial charge >= 0.3 is 0 Å². The van der Waals surface area contributed by atoms with Crippen LogP contribution < -0.4 is 22.0 Å². The number of nitrogens with one attached hydrogen (secondary N) is 4. The van der Waals surface area contributed by atoms with Crippen molar-refractivity contribution < 1.29 is 53.4 Å². The second kappa shape index (κ2) is 16.2. The van der Waals surface area contributed by atoms with Crippen molar-refractivity contribution in [1.29, 1.82) is 5.41 Å². The highest BCUT2D eigenvalue weighted by Gasteiger charge is 2.37. The lowest BCUT2D eigenvalue weighted by Crippen LogP contribution is -2.29. The molecule has 0 saturated carbocycles. The van der Waals surface area contributed by atoms with Crippen LogP contribution in [0.2, 0.25) is 0 Å². The number of nitrogen functional groups attached to an aromatic ring is 1. The molecule has 0 heterocycles. The van der Waals surface area contributed by atoms with Crippen molar-refractivity contribution in [2.45, 2.75) is 4.90 Å². The van der Waals surface area contributed by atoms with Crippen molar-refractivity contribution in [3.8, 4) is 11.1 Å². The Kier molecular flexibility index (Phi) is 11.2. The maximum absolute atomic E-state index is 13.9. The van der Waals surface area contributed by atoms with Crippen LogP contribution in [0.25, 0.3) is 17.2 Å². The zero-order chi connectivity index (χ0) is 45.6. The van der Waals surface area contributed by atoms with Crippen LogP contribution in [0.15, 0.2) is 150 Å². The predicted octanol–water partition coefficient (Wildman–Crippen LogP) is 5.63. The summed E-state index contributed by atoms with van der Waals surface area (Å²) in [6.45, 7) is 0. The molecule has 4 aromatic rings. The van der Waals surface area contributed by atoms with Crippen LogP contribution in [0.5, 0.6) is 0 Å². The molecule has 0 bridgehead atoms. The Morgan fingerprint density at radius 2 is 1.35 bits per heavy atom. The smallest absolute Gasteiger partial charge is 0.296 e. The number of azo groups is 1. The molecule has 0 spiro atoms. The topological polar surface area (TPSA) is 363 Å². The molecule has 25 heteroatoms. The fraction of sp³-hybridized carbons (Fsp3) is 0. The van der Waals surface area contributed by atoms with E-state index in [1.54, 1.807) is 36.4 Å². The highest BCUT2D eigenvalue weighted by molar-refractivity contribution is 7.91. The van der Waals surface area contributed by atoms with Gasteiger partial charge in [-0.15, -0.1) is 5.11 Å². The van der Waals surface area contributed by atoms with Gasteiger partial charge in [-0.25, -0.2) is 0 Å². The summed E-state index contributed by atoms with van der Waals surface area (Å²) in [4.78, 5) is 34.5. The summed E-state index contributed by atoms with van der Waals surface area (Å²) < 4.78 is 102. The van der Waals surface area contributed by atoms with Gasteiger partial charge in [0.05, 0.1) is 55.1 Å². The van der Waals surface area contributed by atoms with E-state index in [9.17, 15) is 58.6 Å². The number of Topliss-reactive ketones (excluding diaryl/α,β-unsaturated/α-hetero) is 1. The monoisotopic (exact) mass is 913 g/mol. The summed E-state index contributed by atoms with van der Waals surface area (Å²) in [5.41, 5.74) is 12.6. The molecular formula is C38H27N9O13S3. The average molecular weight is 914 g/mol. The van der Waals surface area contributed by atoms with Crippen LogP contribution in [-0.4, -0.2) is 66.8 Å². The van der Waals surface area contributed by atoms with Gasteiger partial charge in [0, 0.05) is 18.2 Å². The minimum absolute atomic E-state index is 0.0619. The lowest BCUT2D eigenvalue weighted by atomic mass is 9.89. The molecule has 22 nitrogen and oxygen atoms in total. The van der Waals surface area contributed by atoms with Crippen LogP contribution >= 0.6 is 0 Å². The number of nitro benzene ring substituents is 1. The summed E-state index contributed by atoms with van der Waals surface area (Å²) in [6.07, 6.45) is 5.21. The van der Waals surface area contributed by atoms with Crippen molar-refractivity contribution in [3.63, 3.8) is 0 Å². The van der Waals surface area contributed by atoms with Crippen molar-refractivity contribution in [2.75, 3.05) is 22.0 Å². The normalized spacial score (nSPS) is 16.0. The standard InChI is InChI=1S/C38H27N9O13S3/c39-28-14-5-21-15-27(61(52,53)54)18-29(48)32(21)35(28)44-41-23-6-1-19(2-7-23)20-3-8-24(9-4-20)43-46-37-31(63(58,59)60)17-22-16-30(62(55,56)57)36(34(40)33(22)38(37)49)45-42-25-10-12-26(13-11-25)47(50)51/h1-18,39,42-43,45H,40H2,(H,52,53,54)(H,55,56,57)(H,58,59,60). The fourth-order valence-corrected chi connectivity index (χ4v) is 8.15. The Hall–Kier alpha value is -7.81. The molecule has 0 unspecified atom stereocenters. The summed E-state index contributed by atoms with van der Waals surface area (Å²) >= 11 is 0. The third-order valence-corrected chi connectivity index (χ3v) is 11.8. The summed E-state index contributed by atoms with van der Waals surface area (Å²) in [5, 5.41) is 31.4. The van der Waals surface area contributed by atoms with Crippen LogP contribution in [0, 0.1) is 15.5 Å². The molecular weight excluding hydrogens is 887 g/mol. The zero-order valence-electron chi connectivity index (χ0n) is 31.4. The second-order valence-corrected chi connectivity index (χ2v) is 17.5. The van der Waals surface area contributed by atoms with E-state index >= 15 is 0 Å². The van der Waals surface area contributed by atoms with Gasteiger partial charge in [0.2, 0.25) is 5.78 Å². The number of anilines is 4. The number of hydrogen-bond donors (Lipinski definition) is 8. The predicted molar refractivity (Wildman–Crippen MR) is 229 cm³/mol. The number of hydrazine groups is 1. The maximum atomic E-state index is 13.9. The quantitative estimate of drug-likeness (QED) is 0.0280.